The maximum Gasteiger partial charge on any atom is 0.242 e. The van der Waals surface area contributed by atoms with Crippen molar-refractivity contribution < 1.29 is 14.3 Å². The Hall–Kier alpha value is -1.14. The second-order valence-corrected chi connectivity index (χ2v) is 2.72. The second-order valence-electron chi connectivity index (χ2n) is 2.72. The number of nitrogens with two attached hydrogens (primary N) is 2. The maximum absolute atomic E-state index is 11.3. The number of nitrogens with zero attached hydrogens (tertiary/aromatic N) is 1. The first-order chi connectivity index (χ1) is 5.99. The van der Waals surface area contributed by atoms with Crippen molar-refractivity contribution in [1.82, 2.24) is 4.90 Å². The molecule has 0 saturated heterocycles. The third-order valence-electron chi connectivity index (χ3n) is 1.43. The predicted molar refractivity (Wildman–Crippen MR) is 46.7 cm³/mol. The number of hydrogen-bond acceptors (Lipinski definition) is 4. The van der Waals surface area contributed by atoms with Gasteiger partial charge < -0.3 is 21.1 Å². The molecule has 13 heavy (non-hydrogen) atoms. The lowest BCUT2D eigenvalue weighted by atomic mass is 10.3. The standard InChI is InChI=1S/C7H15N3O3/c1-10(3-6(9)11)7(12)5(8)4-13-2/h5H,3-4,8H2,1-2H3,(H2,9,11). The Bertz CT molecular complexity index is 195. The van der Waals surface area contributed by atoms with Gasteiger partial charge in [-0.25, -0.2) is 0 Å². The van der Waals surface area contributed by atoms with E-state index in [2.05, 4.69) is 0 Å². The molecule has 1 atom stereocenters. The van der Waals surface area contributed by atoms with Gasteiger partial charge in [0.25, 0.3) is 0 Å². The molecule has 4 N–H and O–H groups in total. The molecular formula is C7H15N3O3. The summed E-state index contributed by atoms with van der Waals surface area (Å²) in [6, 6.07) is -0.741. The van der Waals surface area contributed by atoms with Crippen LogP contribution >= 0.6 is 0 Å². The van der Waals surface area contributed by atoms with Crippen molar-refractivity contribution in [3.05, 3.63) is 0 Å². The van der Waals surface area contributed by atoms with Crippen LogP contribution in [-0.2, 0) is 14.3 Å². The van der Waals surface area contributed by atoms with Crippen molar-refractivity contribution in [2.45, 2.75) is 6.04 Å². The number of carbonyl (C=O) groups excluding carboxylic acids is 2. The first kappa shape index (κ1) is 11.9. The van der Waals surface area contributed by atoms with Gasteiger partial charge in [-0.3, -0.25) is 9.59 Å². The minimum atomic E-state index is -0.741. The summed E-state index contributed by atoms with van der Waals surface area (Å²) in [5.74, 6) is -0.930. The summed E-state index contributed by atoms with van der Waals surface area (Å²) in [5.41, 5.74) is 10.3. The SMILES string of the molecule is COCC(N)C(=O)N(C)CC(N)=O. The van der Waals surface area contributed by atoms with Gasteiger partial charge in [0.05, 0.1) is 13.2 Å². The number of carbonyl (C=O) groups is 2. The zero-order chi connectivity index (χ0) is 10.4. The number of methoxy groups -OCH3 is 1. The Labute approximate surface area is 76.8 Å². The molecule has 0 bridgehead atoms. The normalized spacial score (nSPS) is 12.2. The fourth-order valence-corrected chi connectivity index (χ4v) is 0.846. The molecule has 0 aromatic rings. The van der Waals surface area contributed by atoms with Gasteiger partial charge in [0.2, 0.25) is 11.8 Å². The molecule has 2 amide bonds. The fourth-order valence-electron chi connectivity index (χ4n) is 0.846. The van der Waals surface area contributed by atoms with Crippen LogP contribution in [0.4, 0.5) is 0 Å². The van der Waals surface area contributed by atoms with Gasteiger partial charge in [0, 0.05) is 14.2 Å². The van der Waals surface area contributed by atoms with E-state index in [0.717, 1.165) is 0 Å². The van der Waals surface area contributed by atoms with Gasteiger partial charge in [-0.05, 0) is 0 Å². The second kappa shape index (κ2) is 5.50. The van der Waals surface area contributed by atoms with E-state index >= 15 is 0 Å². The molecule has 0 heterocycles. The van der Waals surface area contributed by atoms with Crippen molar-refractivity contribution in [3.8, 4) is 0 Å². The van der Waals surface area contributed by atoms with Crippen LogP contribution in [0.25, 0.3) is 0 Å². The van der Waals surface area contributed by atoms with Crippen LogP contribution in [0, 0.1) is 0 Å². The molecule has 0 fully saturated rings. The van der Waals surface area contributed by atoms with E-state index in [-0.39, 0.29) is 19.1 Å². The van der Waals surface area contributed by atoms with E-state index in [0.29, 0.717) is 0 Å². The fraction of sp³-hybridized carbons (Fsp3) is 0.714. The zero-order valence-corrected chi connectivity index (χ0v) is 7.82. The number of hydrogen-bond donors (Lipinski definition) is 2. The third kappa shape index (κ3) is 4.44. The minimum absolute atomic E-state index is 0.127. The first-order valence-corrected chi connectivity index (χ1v) is 3.76. The molecule has 0 aliphatic heterocycles. The van der Waals surface area contributed by atoms with Crippen LogP contribution in [0.5, 0.6) is 0 Å². The lowest BCUT2D eigenvalue weighted by Crippen LogP contribution is -2.46. The Balaban J connectivity index is 4.01. The van der Waals surface area contributed by atoms with Crippen molar-refractivity contribution in [3.63, 3.8) is 0 Å². The molecule has 0 aromatic carbocycles. The maximum atomic E-state index is 11.3. The van der Waals surface area contributed by atoms with E-state index in [4.69, 9.17) is 16.2 Å². The van der Waals surface area contributed by atoms with Gasteiger partial charge in [-0.2, -0.15) is 0 Å². The Kier molecular flexibility index (Phi) is 5.01. The summed E-state index contributed by atoms with van der Waals surface area (Å²) < 4.78 is 4.69. The Morgan fingerprint density at radius 3 is 2.46 bits per heavy atom. The van der Waals surface area contributed by atoms with Crippen LogP contribution in [0.1, 0.15) is 0 Å². The molecule has 0 saturated carbocycles. The molecular weight excluding hydrogens is 174 g/mol. The number of amides is 2. The molecule has 0 aliphatic carbocycles. The number of ether oxygens (including phenoxy) is 1. The van der Waals surface area contributed by atoms with Crippen molar-refractivity contribution in [1.29, 1.82) is 0 Å². The average molecular weight is 189 g/mol. The zero-order valence-electron chi connectivity index (χ0n) is 7.82. The summed E-state index contributed by atoms with van der Waals surface area (Å²) in [6.45, 7) is -0.00180. The lowest BCUT2D eigenvalue weighted by molar-refractivity contribution is -0.135. The van der Waals surface area contributed by atoms with E-state index in [1.165, 1.54) is 19.1 Å². The van der Waals surface area contributed by atoms with Crippen LogP contribution in [0.3, 0.4) is 0 Å². The molecule has 76 valence electrons. The smallest absolute Gasteiger partial charge is 0.242 e. The molecule has 6 nitrogen and oxygen atoms in total. The Morgan fingerprint density at radius 1 is 1.54 bits per heavy atom. The largest absolute Gasteiger partial charge is 0.383 e. The van der Waals surface area contributed by atoms with Gasteiger partial charge in [-0.15, -0.1) is 0 Å². The monoisotopic (exact) mass is 189 g/mol. The molecule has 0 radical (unpaired) electrons. The third-order valence-corrected chi connectivity index (χ3v) is 1.43. The van der Waals surface area contributed by atoms with E-state index in [9.17, 15) is 9.59 Å². The van der Waals surface area contributed by atoms with Gasteiger partial charge >= 0.3 is 0 Å². The van der Waals surface area contributed by atoms with Crippen molar-refractivity contribution in [2.75, 3.05) is 27.3 Å². The highest BCUT2D eigenvalue weighted by Crippen LogP contribution is 1.89. The van der Waals surface area contributed by atoms with Gasteiger partial charge in [-0.1, -0.05) is 0 Å². The lowest BCUT2D eigenvalue weighted by Gasteiger charge is -2.19. The first-order valence-electron chi connectivity index (χ1n) is 3.76. The van der Waals surface area contributed by atoms with Gasteiger partial charge in [0.1, 0.15) is 6.04 Å². The summed E-state index contributed by atoms with van der Waals surface area (Å²) >= 11 is 0. The van der Waals surface area contributed by atoms with Gasteiger partial charge in [0.15, 0.2) is 0 Å². The number of rotatable bonds is 5. The van der Waals surface area contributed by atoms with Crippen LogP contribution < -0.4 is 11.5 Å². The molecule has 0 rings (SSSR count). The summed E-state index contributed by atoms with van der Waals surface area (Å²) in [4.78, 5) is 22.9. The molecule has 1 unspecified atom stereocenters. The molecule has 0 spiro atoms. The van der Waals surface area contributed by atoms with Crippen LogP contribution in [-0.4, -0.2) is 50.1 Å². The number of primary amides is 1. The minimum Gasteiger partial charge on any atom is -0.383 e. The summed E-state index contributed by atoms with van der Waals surface area (Å²) in [5, 5.41) is 0. The predicted octanol–water partition coefficient (Wildman–Crippen LogP) is -2.10. The highest BCUT2D eigenvalue weighted by Gasteiger charge is 2.18. The van der Waals surface area contributed by atoms with Crippen molar-refractivity contribution in [2.24, 2.45) is 11.5 Å². The van der Waals surface area contributed by atoms with E-state index < -0.39 is 11.9 Å². The average Bonchev–Trinajstić information content (AvgIpc) is 2.02. The van der Waals surface area contributed by atoms with Crippen LogP contribution in [0.15, 0.2) is 0 Å². The molecule has 0 aliphatic rings. The van der Waals surface area contributed by atoms with Crippen LogP contribution in [0.2, 0.25) is 0 Å². The highest BCUT2D eigenvalue weighted by molar-refractivity contribution is 5.86. The number of likely N-dealkylation sites (N-methyl/N-ethyl adjacent to an activating group) is 1. The van der Waals surface area contributed by atoms with E-state index in [1.807, 2.05) is 0 Å². The summed E-state index contributed by atoms with van der Waals surface area (Å²) in [7, 11) is 2.91. The quantitative estimate of drug-likeness (QED) is 0.517. The molecule has 6 heteroatoms. The molecule has 0 aromatic heterocycles. The van der Waals surface area contributed by atoms with Crippen molar-refractivity contribution >= 4 is 11.8 Å². The summed E-state index contributed by atoms with van der Waals surface area (Å²) in [6.07, 6.45) is 0. The van der Waals surface area contributed by atoms with E-state index in [1.54, 1.807) is 0 Å². The topological polar surface area (TPSA) is 98.7 Å². The highest BCUT2D eigenvalue weighted by atomic mass is 16.5. The Morgan fingerprint density at radius 2 is 2.08 bits per heavy atom.